The Morgan fingerprint density at radius 2 is 1.80 bits per heavy atom. The number of hydrogen-bond donors (Lipinski definition) is 1. The Kier molecular flexibility index (Phi) is 6.15. The average molecular weight is 405 g/mol. The van der Waals surface area contributed by atoms with Crippen LogP contribution < -0.4 is 19.5 Å². The molecule has 1 amide bonds. The molecule has 0 saturated carbocycles. The molecule has 30 heavy (non-hydrogen) atoms. The number of nitrogens with one attached hydrogen (secondary N) is 1. The number of rotatable bonds is 8. The van der Waals surface area contributed by atoms with Crippen molar-refractivity contribution in [2.45, 2.75) is 20.1 Å². The number of amides is 1. The molecular formula is C24H23NO5. The quantitative estimate of drug-likeness (QED) is 0.584. The van der Waals surface area contributed by atoms with Crippen LogP contribution in [0.3, 0.4) is 0 Å². The standard InChI is InChI=1S/C24H23NO5/c1-2-28-21-10-8-18(12-19(21)15-27-14-17-6-4-3-5-7-17)24(26)25-20-9-11-22-23(13-20)30-16-29-22/h3-13H,2,14-16H2,1H3,(H,25,26). The number of anilines is 1. The fraction of sp³-hybridized carbons (Fsp3) is 0.208. The number of ether oxygens (including phenoxy) is 4. The highest BCUT2D eigenvalue weighted by Gasteiger charge is 2.16. The van der Waals surface area contributed by atoms with Gasteiger partial charge in [0.1, 0.15) is 5.75 Å². The molecule has 1 heterocycles. The van der Waals surface area contributed by atoms with Crippen LogP contribution in [0.25, 0.3) is 0 Å². The van der Waals surface area contributed by atoms with Crippen LogP contribution in [0.1, 0.15) is 28.4 Å². The van der Waals surface area contributed by atoms with Gasteiger partial charge in [0, 0.05) is 22.9 Å². The van der Waals surface area contributed by atoms with E-state index in [4.69, 9.17) is 18.9 Å². The van der Waals surface area contributed by atoms with Gasteiger partial charge in [-0.3, -0.25) is 4.79 Å². The van der Waals surface area contributed by atoms with Gasteiger partial charge < -0.3 is 24.3 Å². The molecule has 0 aliphatic carbocycles. The minimum absolute atomic E-state index is 0.192. The lowest BCUT2D eigenvalue weighted by Gasteiger charge is -2.13. The van der Waals surface area contributed by atoms with Gasteiger partial charge in [-0.15, -0.1) is 0 Å². The molecule has 0 bridgehead atoms. The van der Waals surface area contributed by atoms with Crippen LogP contribution >= 0.6 is 0 Å². The number of carbonyl (C=O) groups excluding carboxylic acids is 1. The summed E-state index contributed by atoms with van der Waals surface area (Å²) in [6, 6.07) is 20.6. The maximum absolute atomic E-state index is 12.8. The normalized spacial score (nSPS) is 11.9. The summed E-state index contributed by atoms with van der Waals surface area (Å²) in [6.07, 6.45) is 0. The maximum Gasteiger partial charge on any atom is 0.255 e. The molecular weight excluding hydrogens is 382 g/mol. The third-order valence-electron chi connectivity index (χ3n) is 4.62. The van der Waals surface area contributed by atoms with E-state index in [2.05, 4.69) is 5.32 Å². The van der Waals surface area contributed by atoms with Gasteiger partial charge in [-0.1, -0.05) is 30.3 Å². The summed E-state index contributed by atoms with van der Waals surface area (Å²) in [7, 11) is 0. The maximum atomic E-state index is 12.8. The van der Waals surface area contributed by atoms with Crippen LogP contribution in [0, 0.1) is 0 Å². The monoisotopic (exact) mass is 405 g/mol. The highest BCUT2D eigenvalue weighted by Crippen LogP contribution is 2.34. The molecule has 6 nitrogen and oxygen atoms in total. The summed E-state index contributed by atoms with van der Waals surface area (Å²) < 4.78 is 22.2. The van der Waals surface area contributed by atoms with Crippen molar-refractivity contribution in [2.75, 3.05) is 18.7 Å². The molecule has 0 fully saturated rings. The average Bonchev–Trinajstić information content (AvgIpc) is 3.23. The summed E-state index contributed by atoms with van der Waals surface area (Å²) in [5, 5.41) is 2.89. The molecule has 0 atom stereocenters. The Morgan fingerprint density at radius 3 is 2.63 bits per heavy atom. The third kappa shape index (κ3) is 4.72. The summed E-state index contributed by atoms with van der Waals surface area (Å²) in [5.41, 5.74) is 3.08. The minimum atomic E-state index is -0.221. The second-order valence-electron chi connectivity index (χ2n) is 6.76. The molecule has 3 aromatic rings. The van der Waals surface area contributed by atoms with Gasteiger partial charge in [-0.25, -0.2) is 0 Å². The summed E-state index contributed by atoms with van der Waals surface area (Å²) >= 11 is 0. The largest absolute Gasteiger partial charge is 0.494 e. The van der Waals surface area contributed by atoms with Crippen molar-refractivity contribution in [3.63, 3.8) is 0 Å². The highest BCUT2D eigenvalue weighted by molar-refractivity contribution is 6.04. The van der Waals surface area contributed by atoms with Crippen molar-refractivity contribution in [1.82, 2.24) is 0 Å². The highest BCUT2D eigenvalue weighted by atomic mass is 16.7. The summed E-state index contributed by atoms with van der Waals surface area (Å²) in [4.78, 5) is 12.8. The fourth-order valence-corrected chi connectivity index (χ4v) is 3.16. The lowest BCUT2D eigenvalue weighted by atomic mass is 10.1. The van der Waals surface area contributed by atoms with Crippen molar-refractivity contribution < 1.29 is 23.7 Å². The topological polar surface area (TPSA) is 66.0 Å². The van der Waals surface area contributed by atoms with E-state index in [0.717, 1.165) is 11.1 Å². The third-order valence-corrected chi connectivity index (χ3v) is 4.62. The van der Waals surface area contributed by atoms with E-state index in [1.54, 1.807) is 36.4 Å². The summed E-state index contributed by atoms with van der Waals surface area (Å²) in [5.74, 6) is 1.79. The van der Waals surface area contributed by atoms with E-state index in [-0.39, 0.29) is 12.7 Å². The van der Waals surface area contributed by atoms with Gasteiger partial charge in [-0.2, -0.15) is 0 Å². The molecule has 0 saturated heterocycles. The second kappa shape index (κ2) is 9.33. The van der Waals surface area contributed by atoms with Gasteiger partial charge in [0.15, 0.2) is 11.5 Å². The van der Waals surface area contributed by atoms with E-state index in [0.29, 0.717) is 48.3 Å². The molecule has 0 radical (unpaired) electrons. The van der Waals surface area contributed by atoms with E-state index in [1.807, 2.05) is 37.3 Å². The second-order valence-corrected chi connectivity index (χ2v) is 6.76. The van der Waals surface area contributed by atoms with E-state index in [9.17, 15) is 4.79 Å². The zero-order valence-corrected chi connectivity index (χ0v) is 16.7. The minimum Gasteiger partial charge on any atom is -0.494 e. The molecule has 4 rings (SSSR count). The van der Waals surface area contributed by atoms with Crippen molar-refractivity contribution in [3.8, 4) is 17.2 Å². The van der Waals surface area contributed by atoms with E-state index >= 15 is 0 Å². The molecule has 1 aliphatic heterocycles. The Bertz CT molecular complexity index is 1020. The predicted molar refractivity (Wildman–Crippen MR) is 113 cm³/mol. The van der Waals surface area contributed by atoms with E-state index in [1.165, 1.54) is 0 Å². The lowest BCUT2D eigenvalue weighted by Crippen LogP contribution is -2.13. The zero-order valence-electron chi connectivity index (χ0n) is 16.7. The van der Waals surface area contributed by atoms with Crippen LogP contribution in [-0.2, 0) is 18.0 Å². The van der Waals surface area contributed by atoms with Crippen molar-refractivity contribution in [3.05, 3.63) is 83.4 Å². The number of fused-ring (bicyclic) bond motifs is 1. The fourth-order valence-electron chi connectivity index (χ4n) is 3.16. The Labute approximate surface area is 175 Å². The first-order valence-corrected chi connectivity index (χ1v) is 9.81. The molecule has 1 N–H and O–H groups in total. The molecule has 0 spiro atoms. The SMILES string of the molecule is CCOc1ccc(C(=O)Nc2ccc3c(c2)OCO3)cc1COCc1ccccc1. The predicted octanol–water partition coefficient (Wildman–Crippen LogP) is 4.78. The number of carbonyl (C=O) groups is 1. The molecule has 0 aromatic heterocycles. The van der Waals surface area contributed by atoms with Gasteiger partial charge in [0.2, 0.25) is 6.79 Å². The number of benzene rings is 3. The zero-order chi connectivity index (χ0) is 20.8. The van der Waals surface area contributed by atoms with Crippen LogP contribution in [-0.4, -0.2) is 19.3 Å². The molecule has 6 heteroatoms. The van der Waals surface area contributed by atoms with Gasteiger partial charge >= 0.3 is 0 Å². The Balaban J connectivity index is 1.46. The van der Waals surface area contributed by atoms with Gasteiger partial charge in [0.05, 0.1) is 19.8 Å². The van der Waals surface area contributed by atoms with Crippen LogP contribution in [0.15, 0.2) is 66.7 Å². The molecule has 154 valence electrons. The summed E-state index contributed by atoms with van der Waals surface area (Å²) in [6.45, 7) is 3.48. The first-order chi connectivity index (χ1) is 14.7. The molecule has 0 unspecified atom stereocenters. The van der Waals surface area contributed by atoms with Crippen molar-refractivity contribution in [2.24, 2.45) is 0 Å². The van der Waals surface area contributed by atoms with Gasteiger partial charge in [0.25, 0.3) is 5.91 Å². The van der Waals surface area contributed by atoms with Crippen LogP contribution in [0.4, 0.5) is 5.69 Å². The smallest absolute Gasteiger partial charge is 0.255 e. The van der Waals surface area contributed by atoms with Crippen molar-refractivity contribution in [1.29, 1.82) is 0 Å². The van der Waals surface area contributed by atoms with Crippen LogP contribution in [0.2, 0.25) is 0 Å². The molecule has 1 aliphatic rings. The van der Waals surface area contributed by atoms with E-state index < -0.39 is 0 Å². The first-order valence-electron chi connectivity index (χ1n) is 9.81. The Hall–Kier alpha value is -3.51. The lowest BCUT2D eigenvalue weighted by molar-refractivity contribution is 0.101. The first kappa shape index (κ1) is 19.8. The van der Waals surface area contributed by atoms with Crippen molar-refractivity contribution >= 4 is 11.6 Å². The molecule has 3 aromatic carbocycles. The van der Waals surface area contributed by atoms with Gasteiger partial charge in [-0.05, 0) is 42.8 Å². The Morgan fingerprint density at radius 1 is 0.967 bits per heavy atom. The number of hydrogen-bond acceptors (Lipinski definition) is 5. The van der Waals surface area contributed by atoms with Crippen LogP contribution in [0.5, 0.6) is 17.2 Å².